The first-order chi connectivity index (χ1) is 5.70. The molecule has 0 aromatic rings. The lowest BCUT2D eigenvalue weighted by Gasteiger charge is -2.30. The maximum Gasteiger partial charge on any atom is 0.00377 e. The third-order valence-corrected chi connectivity index (χ3v) is 3.12. The molecular formula is C11H22N. The van der Waals surface area contributed by atoms with Crippen LogP contribution >= 0.6 is 0 Å². The van der Waals surface area contributed by atoms with Gasteiger partial charge >= 0.3 is 0 Å². The van der Waals surface area contributed by atoms with Crippen LogP contribution in [0.2, 0.25) is 0 Å². The van der Waals surface area contributed by atoms with Gasteiger partial charge in [0.25, 0.3) is 0 Å². The van der Waals surface area contributed by atoms with Gasteiger partial charge in [-0.15, -0.1) is 0 Å². The molecule has 1 fully saturated rings. The summed E-state index contributed by atoms with van der Waals surface area (Å²) in [6.45, 7) is 12.4. The van der Waals surface area contributed by atoms with Crippen LogP contribution in [0, 0.1) is 12.3 Å². The SMILES string of the molecule is [CH2]C1(CN(CC)CC)CCCC1. The first-order valence-electron chi connectivity index (χ1n) is 5.28. The molecule has 1 saturated carbocycles. The van der Waals surface area contributed by atoms with Crippen LogP contribution in [0.4, 0.5) is 0 Å². The fourth-order valence-corrected chi connectivity index (χ4v) is 2.20. The zero-order valence-electron chi connectivity index (χ0n) is 8.60. The van der Waals surface area contributed by atoms with Crippen molar-refractivity contribution in [3.8, 4) is 0 Å². The van der Waals surface area contributed by atoms with Crippen molar-refractivity contribution >= 4 is 0 Å². The third-order valence-electron chi connectivity index (χ3n) is 3.12. The van der Waals surface area contributed by atoms with Gasteiger partial charge in [0.2, 0.25) is 0 Å². The van der Waals surface area contributed by atoms with Crippen LogP contribution in [0.15, 0.2) is 0 Å². The topological polar surface area (TPSA) is 3.24 Å². The molecule has 0 atom stereocenters. The van der Waals surface area contributed by atoms with Gasteiger partial charge in [0.1, 0.15) is 0 Å². The quantitative estimate of drug-likeness (QED) is 0.624. The number of nitrogens with zero attached hydrogens (tertiary/aromatic N) is 1. The number of hydrogen-bond acceptors (Lipinski definition) is 1. The summed E-state index contributed by atoms with van der Waals surface area (Å²) in [6, 6.07) is 0. The highest BCUT2D eigenvalue weighted by atomic mass is 15.1. The molecule has 0 N–H and O–H groups in total. The average molecular weight is 168 g/mol. The van der Waals surface area contributed by atoms with E-state index in [9.17, 15) is 0 Å². The van der Waals surface area contributed by atoms with E-state index in [-0.39, 0.29) is 0 Å². The molecule has 71 valence electrons. The van der Waals surface area contributed by atoms with Gasteiger partial charge in [0.15, 0.2) is 0 Å². The second-order valence-electron chi connectivity index (χ2n) is 4.17. The van der Waals surface area contributed by atoms with E-state index >= 15 is 0 Å². The predicted molar refractivity (Wildman–Crippen MR) is 54.0 cm³/mol. The second-order valence-corrected chi connectivity index (χ2v) is 4.17. The Morgan fingerprint density at radius 1 is 1.17 bits per heavy atom. The van der Waals surface area contributed by atoms with Gasteiger partial charge in [-0.1, -0.05) is 26.7 Å². The minimum Gasteiger partial charge on any atom is -0.303 e. The number of rotatable bonds is 4. The first kappa shape index (κ1) is 10.0. The predicted octanol–water partition coefficient (Wildman–Crippen LogP) is 2.72. The maximum atomic E-state index is 4.36. The summed E-state index contributed by atoms with van der Waals surface area (Å²) in [4.78, 5) is 2.50. The van der Waals surface area contributed by atoms with Gasteiger partial charge in [0, 0.05) is 6.54 Å². The summed E-state index contributed by atoms with van der Waals surface area (Å²) in [5, 5.41) is 0. The van der Waals surface area contributed by atoms with Crippen molar-refractivity contribution in [2.45, 2.75) is 39.5 Å². The molecular weight excluding hydrogens is 146 g/mol. The Labute approximate surface area is 77.1 Å². The molecule has 0 bridgehead atoms. The highest BCUT2D eigenvalue weighted by molar-refractivity contribution is 4.89. The van der Waals surface area contributed by atoms with Gasteiger partial charge in [-0.05, 0) is 38.3 Å². The molecule has 0 aromatic carbocycles. The molecule has 0 aromatic heterocycles. The molecule has 0 saturated heterocycles. The molecule has 12 heavy (non-hydrogen) atoms. The molecule has 1 rings (SSSR count). The normalized spacial score (nSPS) is 22.0. The van der Waals surface area contributed by atoms with E-state index in [0.29, 0.717) is 5.41 Å². The largest absolute Gasteiger partial charge is 0.303 e. The van der Waals surface area contributed by atoms with Crippen molar-refractivity contribution in [3.05, 3.63) is 6.92 Å². The smallest absolute Gasteiger partial charge is 0.00377 e. The minimum atomic E-state index is 0.395. The fourth-order valence-electron chi connectivity index (χ4n) is 2.20. The van der Waals surface area contributed by atoms with Gasteiger partial charge in [-0.3, -0.25) is 0 Å². The van der Waals surface area contributed by atoms with Crippen LogP contribution in [0.1, 0.15) is 39.5 Å². The van der Waals surface area contributed by atoms with Gasteiger partial charge in [-0.25, -0.2) is 0 Å². The van der Waals surface area contributed by atoms with Crippen LogP contribution in [0.3, 0.4) is 0 Å². The third kappa shape index (κ3) is 2.48. The lowest BCUT2D eigenvalue weighted by atomic mass is 9.88. The standard InChI is InChI=1S/C11H22N/c1-4-12(5-2)10-11(3)8-6-7-9-11/h3-10H2,1-2H3. The Kier molecular flexibility index (Phi) is 3.57. The Bertz CT molecular complexity index is 121. The van der Waals surface area contributed by atoms with Crippen LogP contribution in [-0.2, 0) is 0 Å². The summed E-state index contributed by atoms with van der Waals surface area (Å²) in [7, 11) is 0. The van der Waals surface area contributed by atoms with Crippen molar-refractivity contribution in [2.24, 2.45) is 5.41 Å². The van der Waals surface area contributed by atoms with Crippen molar-refractivity contribution < 1.29 is 0 Å². The van der Waals surface area contributed by atoms with Crippen molar-refractivity contribution in [1.29, 1.82) is 0 Å². The fraction of sp³-hybridized carbons (Fsp3) is 0.909. The van der Waals surface area contributed by atoms with Crippen LogP contribution in [0.5, 0.6) is 0 Å². The monoisotopic (exact) mass is 168 g/mol. The van der Waals surface area contributed by atoms with E-state index in [4.69, 9.17) is 0 Å². The van der Waals surface area contributed by atoms with E-state index in [1.807, 2.05) is 0 Å². The van der Waals surface area contributed by atoms with E-state index in [0.717, 1.165) is 0 Å². The highest BCUT2D eigenvalue weighted by Crippen LogP contribution is 2.37. The Balaban J connectivity index is 2.36. The zero-order valence-corrected chi connectivity index (χ0v) is 8.60. The molecule has 1 aliphatic carbocycles. The van der Waals surface area contributed by atoms with Crippen LogP contribution in [-0.4, -0.2) is 24.5 Å². The molecule has 0 amide bonds. The Morgan fingerprint density at radius 3 is 2.08 bits per heavy atom. The van der Waals surface area contributed by atoms with E-state index < -0.39 is 0 Å². The van der Waals surface area contributed by atoms with Gasteiger partial charge in [-0.2, -0.15) is 0 Å². The van der Waals surface area contributed by atoms with Crippen molar-refractivity contribution in [1.82, 2.24) is 4.90 Å². The molecule has 1 nitrogen and oxygen atoms in total. The minimum absolute atomic E-state index is 0.395. The molecule has 0 heterocycles. The van der Waals surface area contributed by atoms with Crippen molar-refractivity contribution in [2.75, 3.05) is 19.6 Å². The summed E-state index contributed by atoms with van der Waals surface area (Å²) in [6.07, 6.45) is 5.46. The molecule has 0 aliphatic heterocycles. The molecule has 0 spiro atoms. The van der Waals surface area contributed by atoms with E-state index in [1.54, 1.807) is 0 Å². The molecule has 1 radical (unpaired) electrons. The van der Waals surface area contributed by atoms with Gasteiger partial charge in [0.05, 0.1) is 0 Å². The lowest BCUT2D eigenvalue weighted by molar-refractivity contribution is 0.203. The molecule has 1 aliphatic rings. The Hall–Kier alpha value is -0.0400. The van der Waals surface area contributed by atoms with E-state index in [1.165, 1.54) is 45.3 Å². The van der Waals surface area contributed by atoms with Gasteiger partial charge < -0.3 is 4.90 Å². The van der Waals surface area contributed by atoms with E-state index in [2.05, 4.69) is 25.7 Å². The average Bonchev–Trinajstić information content (AvgIpc) is 2.48. The second kappa shape index (κ2) is 4.27. The van der Waals surface area contributed by atoms with Crippen molar-refractivity contribution in [3.63, 3.8) is 0 Å². The maximum absolute atomic E-state index is 4.36. The highest BCUT2D eigenvalue weighted by Gasteiger charge is 2.29. The van der Waals surface area contributed by atoms with Crippen LogP contribution < -0.4 is 0 Å². The molecule has 1 heteroatoms. The summed E-state index contributed by atoms with van der Waals surface area (Å²) in [5.74, 6) is 0. The zero-order chi connectivity index (χ0) is 9.03. The first-order valence-corrected chi connectivity index (χ1v) is 5.28. The summed E-state index contributed by atoms with van der Waals surface area (Å²) < 4.78 is 0. The van der Waals surface area contributed by atoms with Crippen LogP contribution in [0.25, 0.3) is 0 Å². The Morgan fingerprint density at radius 2 is 1.67 bits per heavy atom. The summed E-state index contributed by atoms with van der Waals surface area (Å²) in [5.41, 5.74) is 0.395. The lowest BCUT2D eigenvalue weighted by Crippen LogP contribution is -2.34. The number of hydrogen-bond donors (Lipinski definition) is 0. The summed E-state index contributed by atoms with van der Waals surface area (Å²) >= 11 is 0. The molecule has 0 unspecified atom stereocenters.